The predicted octanol–water partition coefficient (Wildman–Crippen LogP) is 5.67. The van der Waals surface area contributed by atoms with Gasteiger partial charge in [0, 0.05) is 16.0 Å². The van der Waals surface area contributed by atoms with Crippen molar-refractivity contribution in [2.24, 2.45) is 0 Å². The normalized spacial score (nSPS) is 12.8. The van der Waals surface area contributed by atoms with Crippen molar-refractivity contribution in [3.8, 4) is 5.75 Å². The van der Waals surface area contributed by atoms with Gasteiger partial charge in [0.05, 0.1) is 23.9 Å². The average Bonchev–Trinajstić information content (AvgIpc) is 2.55. The van der Waals surface area contributed by atoms with Gasteiger partial charge in [-0.05, 0) is 58.6 Å². The number of ether oxygens (including phenoxy) is 1. The molecule has 0 N–H and O–H groups in total. The molecule has 0 fully saturated rings. The van der Waals surface area contributed by atoms with Crippen molar-refractivity contribution in [3.05, 3.63) is 62.5 Å². The Hall–Kier alpha value is -0.790. The molecule has 0 aromatic heterocycles. The van der Waals surface area contributed by atoms with Crippen molar-refractivity contribution in [1.82, 2.24) is 0 Å². The lowest BCUT2D eigenvalue weighted by Gasteiger charge is -2.18. The molecule has 8 heteroatoms. The fourth-order valence-electron chi connectivity index (χ4n) is 2.44. The summed E-state index contributed by atoms with van der Waals surface area (Å²) in [5.74, 6) is 0.582. The van der Waals surface area contributed by atoms with Crippen molar-refractivity contribution >= 4 is 49.2 Å². The zero-order valence-electron chi connectivity index (χ0n) is 14.1. The van der Waals surface area contributed by atoms with Crippen LogP contribution in [-0.2, 0) is 14.3 Å². The van der Waals surface area contributed by atoms with E-state index >= 15 is 0 Å². The monoisotopic (exact) mass is 480 g/mol. The lowest BCUT2D eigenvalue weighted by atomic mass is 9.95. The predicted molar refractivity (Wildman–Crippen MR) is 109 cm³/mol. The molecule has 2 rings (SSSR count). The van der Waals surface area contributed by atoms with E-state index < -0.39 is 10.1 Å². The minimum absolute atomic E-state index is 0.0230. The van der Waals surface area contributed by atoms with Gasteiger partial charge < -0.3 is 4.74 Å². The zero-order valence-corrected chi connectivity index (χ0v) is 18.0. The van der Waals surface area contributed by atoms with Gasteiger partial charge >= 0.3 is 0 Å². The van der Waals surface area contributed by atoms with E-state index in [2.05, 4.69) is 15.9 Å². The Labute approximate surface area is 172 Å². The molecule has 0 radical (unpaired) electrons. The fraction of sp³-hybridized carbons (Fsp3) is 0.333. The summed E-state index contributed by atoms with van der Waals surface area (Å²) < 4.78 is 34.3. The van der Waals surface area contributed by atoms with E-state index in [0.717, 1.165) is 22.0 Å². The molecule has 0 aliphatic heterocycles. The first-order valence-corrected chi connectivity index (χ1v) is 11.3. The Morgan fingerprint density at radius 2 is 1.88 bits per heavy atom. The number of benzene rings is 2. The van der Waals surface area contributed by atoms with Crippen LogP contribution < -0.4 is 4.74 Å². The van der Waals surface area contributed by atoms with Crippen LogP contribution in [0.25, 0.3) is 0 Å². The van der Waals surface area contributed by atoms with Gasteiger partial charge in [0.15, 0.2) is 0 Å². The van der Waals surface area contributed by atoms with Gasteiger partial charge in [0.25, 0.3) is 10.1 Å². The van der Waals surface area contributed by atoms with Crippen LogP contribution in [-0.4, -0.2) is 27.9 Å². The fourth-order valence-corrected chi connectivity index (χ4v) is 3.81. The van der Waals surface area contributed by atoms with Crippen molar-refractivity contribution in [2.75, 3.05) is 19.5 Å². The summed E-state index contributed by atoms with van der Waals surface area (Å²) in [6.07, 6.45) is 2.39. The molecule has 0 aliphatic rings. The Balaban J connectivity index is 2.00. The second kappa shape index (κ2) is 9.95. The number of rotatable bonds is 9. The number of hydrogen-bond donors (Lipinski definition) is 0. The van der Waals surface area contributed by atoms with Crippen molar-refractivity contribution in [1.29, 1.82) is 0 Å². The van der Waals surface area contributed by atoms with Crippen molar-refractivity contribution < 1.29 is 17.3 Å². The highest BCUT2D eigenvalue weighted by molar-refractivity contribution is 9.10. The van der Waals surface area contributed by atoms with Gasteiger partial charge in [-0.1, -0.05) is 41.4 Å². The third kappa shape index (κ3) is 7.08. The number of para-hydroxylation sites is 1. The standard InChI is InChI=1S/C18H19BrCl2O4S/c1-26(22,23)25-12-13(15-9-8-14(20)11-17(15)21)5-4-10-24-18-7-3-2-6-16(18)19/h2-3,6-9,11,13H,4-5,10,12H2,1H3. The molecule has 142 valence electrons. The third-order valence-corrected chi connectivity index (χ3v) is 5.46. The highest BCUT2D eigenvalue weighted by Gasteiger charge is 2.18. The van der Waals surface area contributed by atoms with Crippen LogP contribution in [0.4, 0.5) is 0 Å². The van der Waals surface area contributed by atoms with Gasteiger partial charge in [0.2, 0.25) is 0 Å². The molecular weight excluding hydrogens is 463 g/mol. The smallest absolute Gasteiger partial charge is 0.264 e. The first-order chi connectivity index (χ1) is 12.3. The highest BCUT2D eigenvalue weighted by Crippen LogP contribution is 2.31. The molecule has 0 amide bonds. The molecule has 26 heavy (non-hydrogen) atoms. The summed E-state index contributed by atoms with van der Waals surface area (Å²) in [6, 6.07) is 12.8. The van der Waals surface area contributed by atoms with Gasteiger partial charge in [-0.3, -0.25) is 4.18 Å². The SMILES string of the molecule is CS(=O)(=O)OCC(CCCOc1ccccc1Br)c1ccc(Cl)cc1Cl. The van der Waals surface area contributed by atoms with E-state index in [1.807, 2.05) is 24.3 Å². The highest BCUT2D eigenvalue weighted by atomic mass is 79.9. The van der Waals surface area contributed by atoms with Crippen molar-refractivity contribution in [3.63, 3.8) is 0 Å². The largest absolute Gasteiger partial charge is 0.492 e. The number of halogens is 3. The van der Waals surface area contributed by atoms with Crippen molar-refractivity contribution in [2.45, 2.75) is 18.8 Å². The molecule has 2 aromatic rings. The third-order valence-electron chi connectivity index (χ3n) is 3.68. The lowest BCUT2D eigenvalue weighted by molar-refractivity contribution is 0.263. The molecule has 0 spiro atoms. The molecule has 0 bridgehead atoms. The lowest BCUT2D eigenvalue weighted by Crippen LogP contribution is -2.14. The van der Waals surface area contributed by atoms with E-state index in [9.17, 15) is 8.42 Å². The van der Waals surface area contributed by atoms with E-state index in [1.54, 1.807) is 18.2 Å². The van der Waals surface area contributed by atoms with Crippen LogP contribution in [0.5, 0.6) is 5.75 Å². The van der Waals surface area contributed by atoms with Crippen LogP contribution in [0.15, 0.2) is 46.9 Å². The van der Waals surface area contributed by atoms with E-state index in [1.165, 1.54) is 0 Å². The molecule has 0 heterocycles. The summed E-state index contributed by atoms with van der Waals surface area (Å²) >= 11 is 15.7. The van der Waals surface area contributed by atoms with Gasteiger partial charge in [0.1, 0.15) is 5.75 Å². The first kappa shape index (κ1) is 21.5. The first-order valence-electron chi connectivity index (χ1n) is 7.93. The van der Waals surface area contributed by atoms with Crippen LogP contribution in [0.1, 0.15) is 24.3 Å². The molecular formula is C18H19BrCl2O4S. The maximum absolute atomic E-state index is 11.4. The average molecular weight is 482 g/mol. The molecule has 4 nitrogen and oxygen atoms in total. The maximum Gasteiger partial charge on any atom is 0.264 e. The molecule has 0 saturated carbocycles. The summed E-state index contributed by atoms with van der Waals surface area (Å²) in [5, 5.41) is 1.02. The maximum atomic E-state index is 11.4. The zero-order chi connectivity index (χ0) is 19.2. The molecule has 0 aliphatic carbocycles. The van der Waals surface area contributed by atoms with Crippen LogP contribution in [0, 0.1) is 0 Å². The Bertz CT molecular complexity index is 843. The van der Waals surface area contributed by atoms with Gasteiger partial charge in [-0.15, -0.1) is 0 Å². The number of hydrogen-bond acceptors (Lipinski definition) is 4. The summed E-state index contributed by atoms with van der Waals surface area (Å²) in [7, 11) is -3.53. The van der Waals surface area contributed by atoms with Crippen LogP contribution >= 0.6 is 39.1 Å². The van der Waals surface area contributed by atoms with Crippen LogP contribution in [0.2, 0.25) is 10.0 Å². The Kier molecular flexibility index (Phi) is 8.23. The second-order valence-corrected chi connectivity index (χ2v) is 9.11. The summed E-state index contributed by atoms with van der Waals surface area (Å²) in [4.78, 5) is 0. The minimum Gasteiger partial charge on any atom is -0.492 e. The van der Waals surface area contributed by atoms with Gasteiger partial charge in [-0.25, -0.2) is 0 Å². The molecule has 0 saturated heterocycles. The molecule has 1 unspecified atom stereocenters. The molecule has 2 aromatic carbocycles. The van der Waals surface area contributed by atoms with Crippen LogP contribution in [0.3, 0.4) is 0 Å². The van der Waals surface area contributed by atoms with E-state index in [4.69, 9.17) is 32.1 Å². The van der Waals surface area contributed by atoms with E-state index in [0.29, 0.717) is 29.5 Å². The Morgan fingerprint density at radius 1 is 1.15 bits per heavy atom. The summed E-state index contributed by atoms with van der Waals surface area (Å²) in [6.45, 7) is 0.512. The quantitative estimate of drug-likeness (QED) is 0.341. The summed E-state index contributed by atoms with van der Waals surface area (Å²) in [5.41, 5.74) is 0.806. The molecule has 1 atom stereocenters. The minimum atomic E-state index is -3.53. The van der Waals surface area contributed by atoms with E-state index in [-0.39, 0.29) is 12.5 Å². The van der Waals surface area contributed by atoms with Gasteiger partial charge in [-0.2, -0.15) is 8.42 Å². The Morgan fingerprint density at radius 3 is 2.54 bits per heavy atom. The second-order valence-electron chi connectivity index (χ2n) is 5.77. The topological polar surface area (TPSA) is 52.6 Å².